The van der Waals surface area contributed by atoms with Crippen molar-refractivity contribution < 1.29 is 5.11 Å². The van der Waals surface area contributed by atoms with Crippen LogP contribution < -0.4 is 0 Å². The van der Waals surface area contributed by atoms with E-state index in [2.05, 4.69) is 12.7 Å². The monoisotopic (exact) mass is 155 g/mol. The van der Waals surface area contributed by atoms with Gasteiger partial charge in [0.2, 0.25) is 0 Å². The molecular weight excluding hydrogens is 143 g/mol. The molecule has 0 amide bonds. The van der Waals surface area contributed by atoms with Gasteiger partial charge in [-0.15, -0.1) is 0 Å². The lowest BCUT2D eigenvalue weighted by Gasteiger charge is -1.91. The standard InChI is InChI=1S/C8H12OP/c1-3-7-5-6-10(4-2)8(7)9/h5-6H,3-4H2,1-2H3. The Hall–Kier alpha value is -0.420. The highest BCUT2D eigenvalue weighted by atomic mass is 31.1. The van der Waals surface area contributed by atoms with Gasteiger partial charge in [0.25, 0.3) is 0 Å². The molecule has 1 atom stereocenters. The first-order valence-electron chi connectivity index (χ1n) is 3.64. The van der Waals surface area contributed by atoms with Crippen molar-refractivity contribution in [2.24, 2.45) is 0 Å². The van der Waals surface area contributed by atoms with Crippen molar-refractivity contribution >= 4 is 7.53 Å². The second-order valence-electron chi connectivity index (χ2n) is 2.29. The number of hydrogen-bond acceptors (Lipinski definition) is 0. The van der Waals surface area contributed by atoms with E-state index >= 15 is 0 Å². The van der Waals surface area contributed by atoms with E-state index in [0.717, 1.165) is 18.1 Å². The Labute approximate surface area is 62.8 Å². The van der Waals surface area contributed by atoms with Gasteiger partial charge in [0.05, 0.1) is 0 Å². The summed E-state index contributed by atoms with van der Waals surface area (Å²) in [7, 11) is -0.406. The maximum absolute atomic E-state index is 11.3. The molecule has 2 heteroatoms. The van der Waals surface area contributed by atoms with Crippen molar-refractivity contribution in [3.63, 3.8) is 0 Å². The molecule has 0 saturated heterocycles. The van der Waals surface area contributed by atoms with Crippen molar-refractivity contribution in [2.75, 3.05) is 0 Å². The molecule has 1 radical (unpaired) electrons. The second-order valence-corrected chi connectivity index (χ2v) is 4.56. The quantitative estimate of drug-likeness (QED) is 0.623. The van der Waals surface area contributed by atoms with Gasteiger partial charge in [-0.3, -0.25) is 5.11 Å². The summed E-state index contributed by atoms with van der Waals surface area (Å²) in [4.78, 5) is 0. The summed E-state index contributed by atoms with van der Waals surface area (Å²) in [6.45, 7) is 4.11. The summed E-state index contributed by atoms with van der Waals surface area (Å²) in [5.41, 5.74) is 1.42. The molecule has 1 heterocycles. The van der Waals surface area contributed by atoms with Crippen LogP contribution in [-0.4, -0.2) is 0 Å². The maximum Gasteiger partial charge on any atom is 0.199 e. The van der Waals surface area contributed by atoms with E-state index in [-0.39, 0.29) is 0 Å². The number of aryl methyl sites for hydroxylation is 2. The third-order valence-electron chi connectivity index (χ3n) is 1.71. The van der Waals surface area contributed by atoms with E-state index in [1.165, 1.54) is 0 Å². The van der Waals surface area contributed by atoms with Crippen LogP contribution in [-0.2, 0) is 17.7 Å². The highest BCUT2D eigenvalue weighted by Crippen LogP contribution is 2.44. The van der Waals surface area contributed by atoms with Gasteiger partial charge in [0.15, 0.2) is 5.48 Å². The summed E-state index contributed by atoms with van der Waals surface area (Å²) < 4.78 is 0. The van der Waals surface area contributed by atoms with E-state index < -0.39 is 7.53 Å². The minimum atomic E-state index is -0.406. The molecule has 0 fully saturated rings. The van der Waals surface area contributed by atoms with Crippen LogP contribution in [0.5, 0.6) is 5.48 Å². The smallest absolute Gasteiger partial charge is 0.199 e. The fourth-order valence-corrected chi connectivity index (χ4v) is 2.62. The fraction of sp³-hybridized carbons (Fsp3) is 0.500. The Balaban J connectivity index is 2.97. The van der Waals surface area contributed by atoms with E-state index in [4.69, 9.17) is 0 Å². The molecule has 1 aromatic heterocycles. The first kappa shape index (κ1) is 7.68. The molecule has 1 nitrogen and oxygen atoms in total. The normalized spacial score (nSPS) is 12.0. The van der Waals surface area contributed by atoms with Crippen LogP contribution in [0, 0.1) is 0 Å². The van der Waals surface area contributed by atoms with E-state index in [9.17, 15) is 5.11 Å². The second kappa shape index (κ2) is 3.12. The molecule has 0 saturated carbocycles. The summed E-state index contributed by atoms with van der Waals surface area (Å²) in [6.07, 6.45) is 1.91. The minimum Gasteiger partial charge on any atom is -0.285 e. The maximum atomic E-state index is 11.3. The number of rotatable bonds is 2. The molecule has 1 unspecified atom stereocenters. The molecule has 10 heavy (non-hydrogen) atoms. The van der Waals surface area contributed by atoms with Crippen LogP contribution in [0.1, 0.15) is 19.4 Å². The third-order valence-corrected chi connectivity index (χ3v) is 3.71. The Morgan fingerprint density at radius 2 is 2.20 bits per heavy atom. The topological polar surface area (TPSA) is 19.9 Å². The van der Waals surface area contributed by atoms with Gasteiger partial charge < -0.3 is 0 Å². The van der Waals surface area contributed by atoms with Crippen LogP contribution in [0.15, 0.2) is 11.9 Å². The van der Waals surface area contributed by atoms with Crippen LogP contribution in [0.4, 0.5) is 0 Å². The van der Waals surface area contributed by atoms with Crippen LogP contribution in [0.3, 0.4) is 0 Å². The lowest BCUT2D eigenvalue weighted by Crippen LogP contribution is -1.69. The molecule has 0 aliphatic heterocycles. The SMILES string of the molecule is CCc1ccp(CC)c1[O]. The predicted molar refractivity (Wildman–Crippen MR) is 44.3 cm³/mol. The molecule has 0 N–H and O–H groups in total. The molecule has 0 aliphatic carbocycles. The molecule has 0 aromatic carbocycles. The van der Waals surface area contributed by atoms with Crippen LogP contribution in [0.25, 0.3) is 0 Å². The van der Waals surface area contributed by atoms with Gasteiger partial charge in [-0.05, 0) is 18.4 Å². The van der Waals surface area contributed by atoms with Crippen molar-refractivity contribution in [3.05, 3.63) is 17.4 Å². The van der Waals surface area contributed by atoms with E-state index in [1.54, 1.807) is 0 Å². The molecular formula is C8H12OP. The highest BCUT2D eigenvalue weighted by molar-refractivity contribution is 7.50. The largest absolute Gasteiger partial charge is 0.285 e. The van der Waals surface area contributed by atoms with E-state index in [0.29, 0.717) is 5.48 Å². The Morgan fingerprint density at radius 3 is 2.50 bits per heavy atom. The van der Waals surface area contributed by atoms with Gasteiger partial charge in [-0.1, -0.05) is 27.4 Å². The predicted octanol–water partition coefficient (Wildman–Crippen LogP) is 3.40. The first-order valence-corrected chi connectivity index (χ1v) is 5.24. The zero-order valence-corrected chi connectivity index (χ0v) is 7.32. The molecule has 0 aliphatic rings. The van der Waals surface area contributed by atoms with Crippen molar-refractivity contribution in [1.29, 1.82) is 0 Å². The summed E-state index contributed by atoms with van der Waals surface area (Å²) in [6, 6.07) is 2.00. The lowest BCUT2D eigenvalue weighted by atomic mass is 10.3. The van der Waals surface area contributed by atoms with Gasteiger partial charge in [0.1, 0.15) is 0 Å². The fourth-order valence-electron chi connectivity index (χ4n) is 1.02. The molecule has 1 aromatic rings. The minimum absolute atomic E-state index is 0.403. The van der Waals surface area contributed by atoms with Crippen molar-refractivity contribution in [1.82, 2.24) is 0 Å². The Bertz CT molecular complexity index is 194. The van der Waals surface area contributed by atoms with Crippen molar-refractivity contribution in [2.45, 2.75) is 26.4 Å². The Kier molecular flexibility index (Phi) is 2.39. The molecule has 1 rings (SSSR count). The number of hydrogen-bond donors (Lipinski definition) is 0. The van der Waals surface area contributed by atoms with E-state index in [1.807, 2.05) is 13.0 Å². The highest BCUT2D eigenvalue weighted by Gasteiger charge is 2.06. The summed E-state index contributed by atoms with van der Waals surface area (Å²) >= 11 is 0. The van der Waals surface area contributed by atoms with Gasteiger partial charge >= 0.3 is 0 Å². The Morgan fingerprint density at radius 1 is 1.50 bits per heavy atom. The molecule has 0 bridgehead atoms. The molecule has 0 spiro atoms. The molecule has 55 valence electrons. The first-order chi connectivity index (χ1) is 4.79. The summed E-state index contributed by atoms with van der Waals surface area (Å²) in [5.74, 6) is 2.08. The van der Waals surface area contributed by atoms with Gasteiger partial charge in [-0.2, -0.15) is 0 Å². The van der Waals surface area contributed by atoms with Crippen LogP contribution >= 0.6 is 7.53 Å². The van der Waals surface area contributed by atoms with Crippen LogP contribution in [0.2, 0.25) is 0 Å². The lowest BCUT2D eigenvalue weighted by molar-refractivity contribution is 0.363. The van der Waals surface area contributed by atoms with Gasteiger partial charge in [0, 0.05) is 5.56 Å². The zero-order chi connectivity index (χ0) is 7.56. The average Bonchev–Trinajstić information content (AvgIpc) is 2.30. The van der Waals surface area contributed by atoms with Crippen molar-refractivity contribution in [3.8, 4) is 5.48 Å². The average molecular weight is 155 g/mol. The van der Waals surface area contributed by atoms with Gasteiger partial charge in [-0.25, -0.2) is 0 Å². The third kappa shape index (κ3) is 1.19. The zero-order valence-electron chi connectivity index (χ0n) is 6.42. The summed E-state index contributed by atoms with van der Waals surface area (Å²) in [5, 5.41) is 11.3.